The lowest BCUT2D eigenvalue weighted by Crippen LogP contribution is -2.63. The number of urea groups is 1. The molecule has 1 rings (SSSR count). The molecule has 1 aliphatic rings. The molecule has 1 heterocycles. The van der Waals surface area contributed by atoms with Crippen LogP contribution in [0.15, 0.2) is 0 Å². The van der Waals surface area contributed by atoms with E-state index in [2.05, 4.69) is 56.8 Å². The highest BCUT2D eigenvalue weighted by atomic mass is 32.2. The van der Waals surface area contributed by atoms with Crippen molar-refractivity contribution in [2.24, 2.45) is 0 Å². The van der Waals surface area contributed by atoms with Crippen molar-refractivity contribution in [1.82, 2.24) is 16.0 Å². The van der Waals surface area contributed by atoms with Gasteiger partial charge in [0.15, 0.2) is 0 Å². The van der Waals surface area contributed by atoms with Crippen molar-refractivity contribution in [1.29, 1.82) is 0 Å². The van der Waals surface area contributed by atoms with Gasteiger partial charge >= 0.3 is 6.03 Å². The number of carbonyl (C=O) groups is 1. The first-order valence-corrected chi connectivity index (χ1v) is 8.92. The number of carbonyl (C=O) groups excluding carboxylic acids is 1. The van der Waals surface area contributed by atoms with Crippen LogP contribution in [0.2, 0.25) is 0 Å². The normalized spacial score (nSPS) is 23.1. The van der Waals surface area contributed by atoms with Gasteiger partial charge in [-0.15, -0.1) is 0 Å². The lowest BCUT2D eigenvalue weighted by atomic mass is 9.80. The Bertz CT molecular complexity index is 315. The number of hydrogen-bond donors (Lipinski definition) is 3. The Morgan fingerprint density at radius 2 is 1.85 bits per heavy atom. The van der Waals surface area contributed by atoms with Crippen LogP contribution in [-0.4, -0.2) is 41.2 Å². The fourth-order valence-electron chi connectivity index (χ4n) is 3.30. The standard InChI is InChI=1S/C15H31N3OS/c1-7-11(10-20-6)16-13(19)17-12-8-14(2,3)18-15(4,5)9-12/h11-12,18H,7-10H2,1-6H3,(H2,16,17,19)/t11-/m0/s1. The zero-order chi connectivity index (χ0) is 15.4. The van der Waals surface area contributed by atoms with Crippen molar-refractivity contribution >= 4 is 17.8 Å². The minimum atomic E-state index is -0.0237. The Balaban J connectivity index is 2.52. The molecule has 0 aromatic heterocycles. The summed E-state index contributed by atoms with van der Waals surface area (Å²) < 4.78 is 0. The van der Waals surface area contributed by atoms with Gasteiger partial charge in [0.2, 0.25) is 0 Å². The molecule has 3 N–H and O–H groups in total. The summed E-state index contributed by atoms with van der Waals surface area (Å²) in [5.74, 6) is 0.965. The topological polar surface area (TPSA) is 53.2 Å². The molecular formula is C15H31N3OS. The third kappa shape index (κ3) is 5.92. The van der Waals surface area contributed by atoms with E-state index in [0.717, 1.165) is 25.0 Å². The maximum Gasteiger partial charge on any atom is 0.315 e. The fraction of sp³-hybridized carbons (Fsp3) is 0.933. The summed E-state index contributed by atoms with van der Waals surface area (Å²) in [6.07, 6.45) is 4.96. The van der Waals surface area contributed by atoms with Crippen LogP contribution in [0, 0.1) is 0 Å². The van der Waals surface area contributed by atoms with E-state index < -0.39 is 0 Å². The summed E-state index contributed by atoms with van der Waals surface area (Å²) >= 11 is 1.77. The van der Waals surface area contributed by atoms with Crippen LogP contribution >= 0.6 is 11.8 Å². The third-order valence-corrected chi connectivity index (χ3v) is 4.46. The summed E-state index contributed by atoms with van der Waals surface area (Å²) in [5, 5.41) is 9.86. The van der Waals surface area contributed by atoms with Crippen LogP contribution < -0.4 is 16.0 Å². The monoisotopic (exact) mass is 301 g/mol. The molecule has 5 heteroatoms. The van der Waals surface area contributed by atoms with Crippen LogP contribution in [0.5, 0.6) is 0 Å². The number of piperidine rings is 1. The number of rotatable bonds is 5. The SMILES string of the molecule is CC[C@@H](CSC)NC(=O)NC1CC(C)(C)NC(C)(C)C1. The van der Waals surface area contributed by atoms with E-state index in [4.69, 9.17) is 0 Å². The molecule has 0 spiro atoms. The number of thioether (sulfide) groups is 1. The van der Waals surface area contributed by atoms with E-state index in [9.17, 15) is 4.79 Å². The van der Waals surface area contributed by atoms with Crippen LogP contribution in [0.4, 0.5) is 4.79 Å². The second-order valence-corrected chi connectivity index (χ2v) is 8.09. The van der Waals surface area contributed by atoms with Gasteiger partial charge in [-0.1, -0.05) is 6.92 Å². The zero-order valence-electron chi connectivity index (χ0n) is 13.8. The maximum atomic E-state index is 12.1. The Hall–Kier alpha value is -0.420. The minimum Gasteiger partial charge on any atom is -0.335 e. The van der Waals surface area contributed by atoms with Crippen molar-refractivity contribution in [3.8, 4) is 0 Å². The van der Waals surface area contributed by atoms with E-state index in [0.29, 0.717) is 0 Å². The van der Waals surface area contributed by atoms with E-state index >= 15 is 0 Å². The Labute approximate surface area is 128 Å². The second-order valence-electron chi connectivity index (χ2n) is 7.18. The van der Waals surface area contributed by atoms with Crippen LogP contribution in [0.25, 0.3) is 0 Å². The van der Waals surface area contributed by atoms with Crippen molar-refractivity contribution in [3.05, 3.63) is 0 Å². The van der Waals surface area contributed by atoms with E-state index in [-0.39, 0.29) is 29.2 Å². The average molecular weight is 302 g/mol. The lowest BCUT2D eigenvalue weighted by Gasteiger charge is -2.46. The van der Waals surface area contributed by atoms with E-state index in [1.54, 1.807) is 11.8 Å². The smallest absolute Gasteiger partial charge is 0.315 e. The molecular weight excluding hydrogens is 270 g/mol. The van der Waals surface area contributed by atoms with Gasteiger partial charge in [-0.25, -0.2) is 4.79 Å². The highest BCUT2D eigenvalue weighted by Crippen LogP contribution is 2.28. The average Bonchev–Trinajstić information content (AvgIpc) is 2.23. The summed E-state index contributed by atoms with van der Waals surface area (Å²) in [5.41, 5.74) is 0.117. The van der Waals surface area contributed by atoms with Crippen molar-refractivity contribution in [2.45, 2.75) is 77.0 Å². The molecule has 0 aromatic rings. The first-order valence-electron chi connectivity index (χ1n) is 7.53. The van der Waals surface area contributed by atoms with Gasteiger partial charge in [0.1, 0.15) is 0 Å². The van der Waals surface area contributed by atoms with Gasteiger partial charge in [0, 0.05) is 28.9 Å². The van der Waals surface area contributed by atoms with Gasteiger partial charge in [-0.3, -0.25) is 0 Å². The van der Waals surface area contributed by atoms with Gasteiger partial charge < -0.3 is 16.0 Å². The highest BCUT2D eigenvalue weighted by Gasteiger charge is 2.38. The van der Waals surface area contributed by atoms with Gasteiger partial charge in [-0.2, -0.15) is 11.8 Å². The molecule has 1 fully saturated rings. The number of amides is 2. The van der Waals surface area contributed by atoms with Crippen LogP contribution in [0.3, 0.4) is 0 Å². The number of nitrogens with one attached hydrogen (secondary N) is 3. The van der Waals surface area contributed by atoms with Gasteiger partial charge in [-0.05, 0) is 53.2 Å². The van der Waals surface area contributed by atoms with E-state index in [1.165, 1.54) is 0 Å². The molecule has 20 heavy (non-hydrogen) atoms. The fourth-order valence-corrected chi connectivity index (χ4v) is 4.02. The first-order chi connectivity index (χ1) is 9.17. The molecule has 1 aliphatic heterocycles. The predicted octanol–water partition coefficient (Wildman–Crippen LogP) is 2.74. The molecule has 0 radical (unpaired) electrons. The summed E-state index contributed by atoms with van der Waals surface area (Å²) in [4.78, 5) is 12.1. The zero-order valence-corrected chi connectivity index (χ0v) is 14.6. The van der Waals surface area contributed by atoms with E-state index in [1.807, 2.05) is 0 Å². The third-order valence-electron chi connectivity index (χ3n) is 3.72. The molecule has 4 nitrogen and oxygen atoms in total. The Morgan fingerprint density at radius 1 is 1.30 bits per heavy atom. The van der Waals surface area contributed by atoms with Crippen molar-refractivity contribution in [2.75, 3.05) is 12.0 Å². The summed E-state index contributed by atoms with van der Waals surface area (Å²) in [7, 11) is 0. The lowest BCUT2D eigenvalue weighted by molar-refractivity contribution is 0.147. The second kappa shape index (κ2) is 7.03. The molecule has 118 valence electrons. The predicted molar refractivity (Wildman–Crippen MR) is 88.4 cm³/mol. The Morgan fingerprint density at radius 3 is 2.30 bits per heavy atom. The number of hydrogen-bond acceptors (Lipinski definition) is 3. The minimum absolute atomic E-state index is 0.0237. The summed E-state index contributed by atoms with van der Waals surface area (Å²) in [6.45, 7) is 10.9. The molecule has 1 atom stereocenters. The van der Waals surface area contributed by atoms with Crippen LogP contribution in [-0.2, 0) is 0 Å². The molecule has 0 aromatic carbocycles. The molecule has 1 saturated heterocycles. The maximum absolute atomic E-state index is 12.1. The first kappa shape index (κ1) is 17.6. The largest absolute Gasteiger partial charge is 0.335 e. The quantitative estimate of drug-likeness (QED) is 0.732. The van der Waals surface area contributed by atoms with Crippen LogP contribution in [0.1, 0.15) is 53.9 Å². The van der Waals surface area contributed by atoms with Gasteiger partial charge in [0.05, 0.1) is 0 Å². The van der Waals surface area contributed by atoms with Gasteiger partial charge in [0.25, 0.3) is 0 Å². The molecule has 0 saturated carbocycles. The summed E-state index contributed by atoms with van der Waals surface area (Å²) in [6, 6.07) is 0.463. The van der Waals surface area contributed by atoms with Crippen molar-refractivity contribution in [3.63, 3.8) is 0 Å². The highest BCUT2D eigenvalue weighted by molar-refractivity contribution is 7.98. The molecule has 0 bridgehead atoms. The molecule has 0 unspecified atom stereocenters. The molecule has 0 aliphatic carbocycles. The van der Waals surface area contributed by atoms with Crippen molar-refractivity contribution < 1.29 is 4.79 Å². The Kier molecular flexibility index (Phi) is 6.20. The molecule has 2 amide bonds.